The number of H-pyrrole nitrogens is 1. The van der Waals surface area contributed by atoms with Gasteiger partial charge in [-0.15, -0.1) is 0 Å². The maximum absolute atomic E-state index is 12.5. The molecule has 3 rings (SSSR count). The second kappa shape index (κ2) is 7.81. The zero-order valence-corrected chi connectivity index (χ0v) is 14.5. The standard InChI is InChI=1S/C18H16F2N4O3/c1-10-15(11-5-7-21-8-6-11)23-24-16(10)22-17(25)12-3-4-13(26-2)14(9-12)27-18(19)20/h3-9,18H,1-2H3,(H2,22,23,24,25). The van der Waals surface area contributed by atoms with Gasteiger partial charge >= 0.3 is 6.61 Å². The maximum atomic E-state index is 12.5. The first-order valence-electron chi connectivity index (χ1n) is 7.89. The monoisotopic (exact) mass is 374 g/mol. The van der Waals surface area contributed by atoms with Gasteiger partial charge in [0.1, 0.15) is 0 Å². The molecule has 140 valence electrons. The summed E-state index contributed by atoms with van der Waals surface area (Å²) < 4.78 is 34.4. The minimum absolute atomic E-state index is 0.0998. The van der Waals surface area contributed by atoms with Gasteiger partial charge in [-0.25, -0.2) is 0 Å². The third-order valence-corrected chi connectivity index (χ3v) is 3.85. The highest BCUT2D eigenvalue weighted by Gasteiger charge is 2.17. The number of benzene rings is 1. The van der Waals surface area contributed by atoms with Crippen LogP contribution in [0.1, 0.15) is 15.9 Å². The Morgan fingerprint density at radius 1 is 1.19 bits per heavy atom. The molecule has 0 saturated heterocycles. The molecule has 1 aromatic carbocycles. The highest BCUT2D eigenvalue weighted by molar-refractivity contribution is 6.04. The van der Waals surface area contributed by atoms with Crippen LogP contribution >= 0.6 is 0 Å². The Morgan fingerprint density at radius 3 is 2.59 bits per heavy atom. The smallest absolute Gasteiger partial charge is 0.387 e. The highest BCUT2D eigenvalue weighted by atomic mass is 19.3. The van der Waals surface area contributed by atoms with Gasteiger partial charge < -0.3 is 14.8 Å². The summed E-state index contributed by atoms with van der Waals surface area (Å²) >= 11 is 0. The summed E-state index contributed by atoms with van der Waals surface area (Å²) in [5.41, 5.74) is 2.46. The van der Waals surface area contributed by atoms with E-state index in [1.165, 1.54) is 25.3 Å². The number of rotatable bonds is 6. The Hall–Kier alpha value is -3.49. The molecule has 0 radical (unpaired) electrons. The first-order chi connectivity index (χ1) is 13.0. The largest absolute Gasteiger partial charge is 0.493 e. The van der Waals surface area contributed by atoms with E-state index in [2.05, 4.69) is 25.2 Å². The first kappa shape index (κ1) is 18.3. The van der Waals surface area contributed by atoms with Gasteiger partial charge in [-0.2, -0.15) is 13.9 Å². The van der Waals surface area contributed by atoms with Gasteiger partial charge in [0.05, 0.1) is 12.8 Å². The van der Waals surface area contributed by atoms with Crippen LogP contribution < -0.4 is 14.8 Å². The molecule has 0 aliphatic carbocycles. The minimum Gasteiger partial charge on any atom is -0.493 e. The van der Waals surface area contributed by atoms with Crippen LogP contribution in [-0.4, -0.2) is 34.8 Å². The van der Waals surface area contributed by atoms with E-state index in [1.54, 1.807) is 19.3 Å². The molecule has 2 aromatic heterocycles. The van der Waals surface area contributed by atoms with E-state index in [9.17, 15) is 13.6 Å². The molecule has 0 atom stereocenters. The molecule has 0 unspecified atom stereocenters. The third-order valence-electron chi connectivity index (χ3n) is 3.85. The van der Waals surface area contributed by atoms with E-state index < -0.39 is 12.5 Å². The number of aromatic amines is 1. The molecule has 3 aromatic rings. The van der Waals surface area contributed by atoms with Crippen molar-refractivity contribution in [3.8, 4) is 22.8 Å². The summed E-state index contributed by atoms with van der Waals surface area (Å²) in [6, 6.07) is 7.63. The lowest BCUT2D eigenvalue weighted by atomic mass is 10.1. The Labute approximate surface area is 153 Å². The molecular formula is C18H16F2N4O3. The number of pyridine rings is 1. The van der Waals surface area contributed by atoms with Gasteiger partial charge in [-0.1, -0.05) is 0 Å². The highest BCUT2D eigenvalue weighted by Crippen LogP contribution is 2.30. The number of nitrogens with one attached hydrogen (secondary N) is 2. The van der Waals surface area contributed by atoms with Crippen LogP contribution in [-0.2, 0) is 0 Å². The fourth-order valence-corrected chi connectivity index (χ4v) is 2.50. The van der Waals surface area contributed by atoms with E-state index >= 15 is 0 Å². The molecule has 0 spiro atoms. The molecule has 2 heterocycles. The number of carbonyl (C=O) groups is 1. The van der Waals surface area contributed by atoms with E-state index in [0.29, 0.717) is 5.82 Å². The fourth-order valence-electron chi connectivity index (χ4n) is 2.50. The fraction of sp³-hybridized carbons (Fsp3) is 0.167. The van der Waals surface area contributed by atoms with E-state index in [1.807, 2.05) is 12.1 Å². The molecule has 0 bridgehead atoms. The number of carbonyl (C=O) groups excluding carboxylic acids is 1. The van der Waals surface area contributed by atoms with Crippen LogP contribution in [0.5, 0.6) is 11.5 Å². The Morgan fingerprint density at radius 2 is 1.93 bits per heavy atom. The van der Waals surface area contributed by atoms with Gasteiger partial charge in [0, 0.05) is 29.1 Å². The Bertz CT molecular complexity index is 945. The SMILES string of the molecule is COc1ccc(C(=O)Nc2n[nH]c(-c3ccncc3)c2C)cc1OC(F)F. The summed E-state index contributed by atoms with van der Waals surface area (Å²) in [7, 11) is 1.32. The number of hydrogen-bond acceptors (Lipinski definition) is 5. The van der Waals surface area contributed by atoms with Crippen molar-refractivity contribution in [2.75, 3.05) is 12.4 Å². The normalized spacial score (nSPS) is 10.7. The number of halogens is 2. The van der Waals surface area contributed by atoms with Crippen molar-refractivity contribution >= 4 is 11.7 Å². The van der Waals surface area contributed by atoms with Gasteiger partial charge in [0.2, 0.25) is 0 Å². The van der Waals surface area contributed by atoms with Crippen molar-refractivity contribution in [2.45, 2.75) is 13.5 Å². The number of anilines is 1. The molecule has 0 fully saturated rings. The second-order valence-electron chi connectivity index (χ2n) is 5.51. The van der Waals surface area contributed by atoms with Gasteiger partial charge in [0.25, 0.3) is 5.91 Å². The summed E-state index contributed by atoms with van der Waals surface area (Å²) in [6.07, 6.45) is 3.30. The molecule has 7 nitrogen and oxygen atoms in total. The second-order valence-corrected chi connectivity index (χ2v) is 5.51. The number of nitrogens with zero attached hydrogens (tertiary/aromatic N) is 2. The lowest BCUT2D eigenvalue weighted by Gasteiger charge is -2.11. The first-order valence-corrected chi connectivity index (χ1v) is 7.89. The van der Waals surface area contributed by atoms with Gasteiger partial charge in [-0.3, -0.25) is 14.9 Å². The Balaban J connectivity index is 1.83. The van der Waals surface area contributed by atoms with E-state index in [0.717, 1.165) is 16.8 Å². The van der Waals surface area contributed by atoms with Gasteiger partial charge in [0.15, 0.2) is 17.3 Å². The summed E-state index contributed by atoms with van der Waals surface area (Å²) in [4.78, 5) is 16.4. The van der Waals surface area contributed by atoms with Crippen LogP contribution in [0.3, 0.4) is 0 Å². The summed E-state index contributed by atoms with van der Waals surface area (Å²) in [6.45, 7) is -1.23. The molecule has 1 amide bonds. The van der Waals surface area contributed by atoms with E-state index in [4.69, 9.17) is 4.74 Å². The molecule has 27 heavy (non-hydrogen) atoms. The van der Waals surface area contributed by atoms with Crippen molar-refractivity contribution in [3.05, 3.63) is 53.9 Å². The molecule has 0 aliphatic rings. The van der Waals surface area contributed by atoms with Crippen molar-refractivity contribution < 1.29 is 23.0 Å². The lowest BCUT2D eigenvalue weighted by Crippen LogP contribution is -2.13. The van der Waals surface area contributed by atoms with Crippen LogP contribution in [0.4, 0.5) is 14.6 Å². The molecule has 0 aliphatic heterocycles. The average Bonchev–Trinajstić information content (AvgIpc) is 3.02. The zero-order valence-electron chi connectivity index (χ0n) is 14.5. The minimum atomic E-state index is -3.03. The number of hydrogen-bond donors (Lipinski definition) is 2. The average molecular weight is 374 g/mol. The van der Waals surface area contributed by atoms with Crippen molar-refractivity contribution in [2.24, 2.45) is 0 Å². The quantitative estimate of drug-likeness (QED) is 0.688. The lowest BCUT2D eigenvalue weighted by molar-refractivity contribution is -0.0512. The number of aromatic nitrogens is 3. The van der Waals surface area contributed by atoms with Crippen LogP contribution in [0, 0.1) is 6.92 Å². The molecule has 0 saturated carbocycles. The predicted molar refractivity (Wildman–Crippen MR) is 94.1 cm³/mol. The molecule has 2 N–H and O–H groups in total. The number of alkyl halides is 2. The topological polar surface area (TPSA) is 89.1 Å². The summed E-state index contributed by atoms with van der Waals surface area (Å²) in [5, 5.41) is 9.63. The van der Waals surface area contributed by atoms with Crippen LogP contribution in [0.15, 0.2) is 42.7 Å². The van der Waals surface area contributed by atoms with Crippen molar-refractivity contribution in [3.63, 3.8) is 0 Å². The number of methoxy groups -OCH3 is 1. The zero-order chi connectivity index (χ0) is 19.4. The third kappa shape index (κ3) is 4.02. The van der Waals surface area contributed by atoms with Crippen molar-refractivity contribution in [1.82, 2.24) is 15.2 Å². The number of amides is 1. The van der Waals surface area contributed by atoms with Crippen molar-refractivity contribution in [1.29, 1.82) is 0 Å². The maximum Gasteiger partial charge on any atom is 0.387 e. The number of ether oxygens (including phenoxy) is 2. The van der Waals surface area contributed by atoms with Crippen LogP contribution in [0.2, 0.25) is 0 Å². The predicted octanol–water partition coefficient (Wildman–Crippen LogP) is 3.64. The molecule has 9 heteroatoms. The Kier molecular flexibility index (Phi) is 5.30. The van der Waals surface area contributed by atoms with Crippen LogP contribution in [0.25, 0.3) is 11.3 Å². The molecular weight excluding hydrogens is 358 g/mol. The summed E-state index contributed by atoms with van der Waals surface area (Å²) in [5.74, 6) is -0.314. The van der Waals surface area contributed by atoms with E-state index in [-0.39, 0.29) is 17.1 Å². The van der Waals surface area contributed by atoms with Gasteiger partial charge in [-0.05, 0) is 37.3 Å².